The van der Waals surface area contributed by atoms with Crippen LogP contribution >= 0.6 is 11.6 Å². The number of carbonyl (C=O) groups is 5. The molecule has 0 amide bonds. The number of rotatable bonds is 50. The number of halogens is 1. The number of aldehydes is 3. The Kier molecular flexibility index (Phi) is 40.3. The molecule has 6 bridgehead atoms. The van der Waals surface area contributed by atoms with Crippen molar-refractivity contribution in [3.8, 4) is 40.2 Å². The lowest BCUT2D eigenvalue weighted by Crippen LogP contribution is -2.53. The van der Waals surface area contributed by atoms with Crippen molar-refractivity contribution < 1.29 is 101 Å². The van der Waals surface area contributed by atoms with Gasteiger partial charge in [-0.05, 0) is 309 Å². The number of alkyl halides is 1. The molecule has 22 heteroatoms. The van der Waals surface area contributed by atoms with Crippen LogP contribution in [0.5, 0.6) is 40.2 Å². The van der Waals surface area contributed by atoms with Crippen molar-refractivity contribution in [1.82, 2.24) is 0 Å². The number of benzene rings is 7. The van der Waals surface area contributed by atoms with Crippen LogP contribution in [0.4, 0.5) is 0 Å². The SMILES string of the molecule is CO.COc1ccc(COCCCCC2C(C)C(Cl)CC2[C@@]2(C=O)CC3C=C(C(C)C)[C@@]2(COCc2ccc(OC)cc2)C3)cc1.COc1ccc(COCCCCC2C(C)C(O)CC2[C@@]2(C=O)CC3C=C(C(C)C)[C@@]2(C(=O)OCc2ccc(OC)cc2)C3)cc1.COc1ccc(COCCCCC2C(C)C(OCc3ccc(OC)cc3)CC2[C@@]2(C=O)CC3C=C(C(C)C)[C@@]2(C(=O)OCc2ccc(OC)cc2)C3)cc1. The minimum Gasteiger partial charge on any atom is -0.497 e. The van der Waals surface area contributed by atoms with Gasteiger partial charge in [-0.2, -0.15) is 0 Å². The van der Waals surface area contributed by atoms with Crippen LogP contribution in [0.1, 0.15) is 217 Å². The van der Waals surface area contributed by atoms with E-state index in [0.717, 1.165) is 194 Å². The molecule has 15 unspecified atom stereocenters. The summed E-state index contributed by atoms with van der Waals surface area (Å²) in [6, 6.07) is 55.0. The van der Waals surface area contributed by atoms with Crippen molar-refractivity contribution in [1.29, 1.82) is 0 Å². The monoisotopic (exact) mass is 2010 g/mol. The molecule has 0 heterocycles. The summed E-state index contributed by atoms with van der Waals surface area (Å²) in [6.45, 7) is 25.3. The van der Waals surface area contributed by atoms with Crippen LogP contribution in [0.25, 0.3) is 0 Å². The van der Waals surface area contributed by atoms with E-state index in [1.807, 2.05) is 146 Å². The maximum Gasteiger partial charge on any atom is 0.317 e. The van der Waals surface area contributed by atoms with Gasteiger partial charge < -0.3 is 90.9 Å². The fourth-order valence-electron chi connectivity index (χ4n) is 27.6. The van der Waals surface area contributed by atoms with Crippen LogP contribution in [0, 0.1) is 121 Å². The van der Waals surface area contributed by atoms with E-state index >= 15 is 0 Å². The third-order valence-electron chi connectivity index (χ3n) is 34.8. The number of allylic oxidation sites excluding steroid dienone is 3. The number of fused-ring (bicyclic) bond motifs is 6. The second-order valence-electron chi connectivity index (χ2n) is 43.5. The summed E-state index contributed by atoms with van der Waals surface area (Å²) < 4.78 is 80.7. The highest BCUT2D eigenvalue weighted by atomic mass is 35.5. The van der Waals surface area contributed by atoms with Gasteiger partial charge in [0.2, 0.25) is 0 Å². The number of ether oxygens (including phenoxy) is 14. The standard InChI is InChI=1S/C46H58O8.C38H51ClO5.C38H50O7.CH4O/c1-31(2)41-23-36-25-45(30-47,46(41,26-36)44(48)54-29-35-14-20-39(51-6)21-15-35)42-24-43(53-28-34-12-18-38(50-5)19-13-34)32(3)40(42)9-7-8-22-52-27-33-10-16-37(49-4)17-11-33;1-26(2)34-18-30-20-37(24-40,38(34,21-30)25-44-23-29-11-15-32(42-5)16-12-29)35-19-36(39)27(3)33(35)8-6-7-17-43-22-28-9-13-31(41-4)14-10-28;1-25(2)33-18-29-20-37(24-39,38(33,21-29)36(41)45-23-28-11-15-31(43-5)16-12-28)34-19-35(40)26(3)32(34)8-6-7-17-44-22-27-9-13-30(42-4)14-10-27;1-2/h10-21,23,30-32,36,40,42-43H,7-9,22,24-29H2,1-6H3;9-16,18,24,26-27,30,33,35-36H,6-8,17,19-23,25H2,1-5H3;9-16,18,24-26,29,32,34-35,40H,6-8,17,19-23H2,1-5H3;2H,1H3/t32?,36?,40?,42?,43?,45-,46+;27?,30?,33?,35?,36?,37-,38-;26?,29?,32?,34?,35?,37-,38+;/m000./s1. The number of esters is 2. The third kappa shape index (κ3) is 24.6. The molecule has 16 rings (SSSR count). The Bertz CT molecular complexity index is 5350. The van der Waals surface area contributed by atoms with Crippen LogP contribution in [0.15, 0.2) is 205 Å². The van der Waals surface area contributed by atoms with Crippen LogP contribution in [-0.4, -0.2) is 142 Å². The Hall–Kier alpha value is -9.68. The van der Waals surface area contributed by atoms with Gasteiger partial charge in [-0.15, -0.1) is 11.6 Å². The first-order chi connectivity index (χ1) is 70.1. The van der Waals surface area contributed by atoms with E-state index in [-0.39, 0.29) is 107 Å². The van der Waals surface area contributed by atoms with Gasteiger partial charge in [-0.3, -0.25) is 9.59 Å². The summed E-state index contributed by atoms with van der Waals surface area (Å²) in [4.78, 5) is 70.2. The zero-order valence-corrected chi connectivity index (χ0v) is 89.8. The highest BCUT2D eigenvalue weighted by Gasteiger charge is 2.75. The normalized spacial score (nSPS) is 29.0. The quantitative estimate of drug-likeness (QED) is 0.0118. The lowest BCUT2D eigenvalue weighted by Gasteiger charge is -2.51. The molecule has 0 radical (unpaired) electrons. The Morgan fingerprint density at radius 3 is 0.979 bits per heavy atom. The van der Waals surface area contributed by atoms with Crippen molar-refractivity contribution in [3.05, 3.63) is 244 Å². The van der Waals surface area contributed by atoms with Gasteiger partial charge in [0, 0.05) is 54.0 Å². The molecule has 0 aliphatic heterocycles. The first-order valence-corrected chi connectivity index (χ1v) is 53.6. The zero-order valence-electron chi connectivity index (χ0n) is 89.1. The number of hydrogen-bond acceptors (Lipinski definition) is 21. The summed E-state index contributed by atoms with van der Waals surface area (Å²) in [5.41, 5.74) is 6.32. The van der Waals surface area contributed by atoms with Crippen LogP contribution < -0.4 is 33.2 Å². The maximum atomic E-state index is 14.8. The van der Waals surface area contributed by atoms with Crippen LogP contribution in [-0.2, 0) is 103 Å². The molecule has 2 N–H and O–H groups in total. The van der Waals surface area contributed by atoms with Crippen molar-refractivity contribution in [2.45, 2.75) is 242 Å². The highest BCUT2D eigenvalue weighted by molar-refractivity contribution is 6.21. The summed E-state index contributed by atoms with van der Waals surface area (Å²) in [6.07, 6.45) is 25.3. The lowest BCUT2D eigenvalue weighted by molar-refractivity contribution is -0.167. The third-order valence-corrected chi connectivity index (χ3v) is 35.3. The topological polar surface area (TPSA) is 255 Å². The molecule has 788 valence electrons. The smallest absolute Gasteiger partial charge is 0.317 e. The van der Waals surface area contributed by atoms with E-state index in [1.165, 1.54) is 18.1 Å². The van der Waals surface area contributed by atoms with Gasteiger partial charge in [0.25, 0.3) is 0 Å². The van der Waals surface area contributed by atoms with Crippen LogP contribution in [0.2, 0.25) is 0 Å². The van der Waals surface area contributed by atoms with E-state index in [4.69, 9.17) is 83.0 Å². The lowest BCUT2D eigenvalue weighted by atomic mass is 9.52. The number of methoxy groups -OCH3 is 7. The summed E-state index contributed by atoms with van der Waals surface area (Å²) in [5.74, 6) is 7.88. The van der Waals surface area contributed by atoms with Crippen molar-refractivity contribution >= 4 is 42.4 Å². The molecule has 21 nitrogen and oxygen atoms in total. The number of unbranched alkanes of at least 4 members (excludes halogenated alkanes) is 3. The molecule has 9 aliphatic rings. The minimum absolute atomic E-state index is 0.0351. The Morgan fingerprint density at radius 2 is 0.641 bits per heavy atom. The first kappa shape index (κ1) is 112. The maximum absolute atomic E-state index is 14.8. The van der Waals surface area contributed by atoms with E-state index in [2.05, 4.69) is 105 Å². The molecule has 6 fully saturated rings. The van der Waals surface area contributed by atoms with E-state index < -0.39 is 33.2 Å². The van der Waals surface area contributed by atoms with Gasteiger partial charge in [0.1, 0.15) is 83.1 Å². The molecular weight excluding hydrogens is 1850 g/mol. The molecule has 9 aliphatic carbocycles. The minimum atomic E-state index is -1.01. The Morgan fingerprint density at radius 1 is 0.352 bits per heavy atom. The predicted molar refractivity (Wildman–Crippen MR) is 565 cm³/mol. The van der Waals surface area contributed by atoms with Crippen LogP contribution in [0.3, 0.4) is 0 Å². The second kappa shape index (κ2) is 52.0. The van der Waals surface area contributed by atoms with Gasteiger partial charge in [0.15, 0.2) is 0 Å². The summed E-state index contributed by atoms with van der Waals surface area (Å²) in [5, 5.41) is 18.3. The summed E-state index contributed by atoms with van der Waals surface area (Å²) >= 11 is 7.05. The molecule has 21 atom stereocenters. The fraction of sp³-hybridized carbons (Fsp3) is 0.569. The Labute approximate surface area is 868 Å². The van der Waals surface area contributed by atoms with Crippen molar-refractivity contribution in [3.63, 3.8) is 0 Å². The van der Waals surface area contributed by atoms with Gasteiger partial charge in [-0.1, -0.05) is 201 Å². The zero-order chi connectivity index (χ0) is 104. The van der Waals surface area contributed by atoms with Gasteiger partial charge in [-0.25, -0.2) is 0 Å². The number of hydrogen-bond donors (Lipinski definition) is 2. The van der Waals surface area contributed by atoms with E-state index in [1.54, 1.807) is 49.8 Å². The first-order valence-electron chi connectivity index (χ1n) is 53.1. The average molecular weight is 2010 g/mol. The molecule has 7 aromatic carbocycles. The Balaban J connectivity index is 0.000000182. The van der Waals surface area contributed by atoms with Crippen molar-refractivity contribution in [2.75, 3.05) is 83.3 Å². The largest absolute Gasteiger partial charge is 0.497 e. The summed E-state index contributed by atoms with van der Waals surface area (Å²) in [7, 11) is 12.6. The van der Waals surface area contributed by atoms with Gasteiger partial charge >= 0.3 is 11.9 Å². The molecule has 6 saturated carbocycles. The number of aliphatic hydroxyl groups is 2. The molecule has 145 heavy (non-hydrogen) atoms. The molecule has 0 aromatic heterocycles. The highest BCUT2D eigenvalue weighted by Crippen LogP contribution is 2.75. The van der Waals surface area contributed by atoms with E-state index in [0.29, 0.717) is 109 Å². The van der Waals surface area contributed by atoms with Gasteiger partial charge in [0.05, 0.1) is 102 Å². The van der Waals surface area contributed by atoms with Crippen molar-refractivity contribution in [2.24, 2.45) is 121 Å². The molecule has 0 saturated heterocycles. The fourth-order valence-corrected chi connectivity index (χ4v) is 28.0. The molecular formula is C123H163ClO21. The molecule has 0 spiro atoms. The molecule has 7 aromatic rings. The number of carbonyl (C=O) groups excluding carboxylic acids is 5. The number of aliphatic hydroxyl groups excluding tert-OH is 2. The average Bonchev–Trinajstić information content (AvgIpc) is 1.52. The predicted octanol–water partition coefficient (Wildman–Crippen LogP) is 24.4. The van der Waals surface area contributed by atoms with E-state index in [9.17, 15) is 29.1 Å². The second-order valence-corrected chi connectivity index (χ2v) is 44.0.